The van der Waals surface area contributed by atoms with Crippen LogP contribution in [0.4, 0.5) is 8.78 Å². The van der Waals surface area contributed by atoms with Crippen LogP contribution in [0.1, 0.15) is 33.6 Å². The number of fused-ring (bicyclic) bond motifs is 1. The third-order valence-electron chi connectivity index (χ3n) is 5.37. The average molecular weight is 439 g/mol. The molecule has 0 bridgehead atoms. The average Bonchev–Trinajstić information content (AvgIpc) is 3.20. The molecular weight excluding hydrogens is 416 g/mol. The van der Waals surface area contributed by atoms with Crippen LogP contribution in [0.3, 0.4) is 0 Å². The second-order valence-electron chi connectivity index (χ2n) is 8.03. The first-order chi connectivity index (χ1) is 15.2. The van der Waals surface area contributed by atoms with Crippen molar-refractivity contribution >= 4 is 29.2 Å². The summed E-state index contributed by atoms with van der Waals surface area (Å²) in [7, 11) is 3.57. The third kappa shape index (κ3) is 4.51. The molecule has 0 N–H and O–H groups in total. The standard InChI is InChI=1S/C23H23F2N5O2/c1-28(2)14-27-21(31)16-3-6-18(7-4-16)30-15-26-19-13-17(5-8-20(19)30)22(32)29-11-9-23(24,25)10-12-29/h3-8,13-15H,9-12H2,1-2H3. The maximum absolute atomic E-state index is 13.4. The highest BCUT2D eigenvalue weighted by Gasteiger charge is 2.35. The number of likely N-dealkylation sites (tertiary alicyclic amines) is 1. The Morgan fingerprint density at radius 1 is 1.06 bits per heavy atom. The number of benzene rings is 2. The molecule has 0 saturated carbocycles. The van der Waals surface area contributed by atoms with E-state index in [0.717, 1.165) is 11.2 Å². The van der Waals surface area contributed by atoms with Gasteiger partial charge in [-0.3, -0.25) is 14.2 Å². The Hall–Kier alpha value is -3.62. The van der Waals surface area contributed by atoms with E-state index in [4.69, 9.17) is 0 Å². The summed E-state index contributed by atoms with van der Waals surface area (Å²) < 4.78 is 28.6. The quantitative estimate of drug-likeness (QED) is 0.460. The van der Waals surface area contributed by atoms with Crippen molar-refractivity contribution in [3.63, 3.8) is 0 Å². The molecule has 0 aliphatic carbocycles. The van der Waals surface area contributed by atoms with Crippen molar-refractivity contribution in [2.45, 2.75) is 18.8 Å². The van der Waals surface area contributed by atoms with E-state index in [0.29, 0.717) is 16.6 Å². The van der Waals surface area contributed by atoms with Gasteiger partial charge in [0.05, 0.1) is 17.4 Å². The van der Waals surface area contributed by atoms with Gasteiger partial charge in [0.25, 0.3) is 17.7 Å². The van der Waals surface area contributed by atoms with Gasteiger partial charge in [0, 0.05) is 56.8 Å². The number of carbonyl (C=O) groups is 2. The highest BCUT2D eigenvalue weighted by atomic mass is 19.3. The van der Waals surface area contributed by atoms with Gasteiger partial charge in [-0.25, -0.2) is 13.8 Å². The molecule has 32 heavy (non-hydrogen) atoms. The lowest BCUT2D eigenvalue weighted by Gasteiger charge is -2.31. The molecule has 1 fully saturated rings. The molecule has 7 nitrogen and oxygen atoms in total. The SMILES string of the molecule is CN(C)C=NC(=O)c1ccc(-n2cnc3cc(C(=O)N4CCC(F)(F)CC4)ccc32)cc1. The Labute approximate surface area is 184 Å². The number of amides is 2. The van der Waals surface area contributed by atoms with Gasteiger partial charge in [0.1, 0.15) is 6.33 Å². The van der Waals surface area contributed by atoms with E-state index < -0.39 is 5.92 Å². The van der Waals surface area contributed by atoms with E-state index in [1.165, 1.54) is 11.2 Å². The molecule has 3 aromatic rings. The minimum atomic E-state index is -2.70. The van der Waals surface area contributed by atoms with Gasteiger partial charge in [0.2, 0.25) is 0 Å². The normalized spacial score (nSPS) is 15.9. The van der Waals surface area contributed by atoms with E-state index in [9.17, 15) is 18.4 Å². The summed E-state index contributed by atoms with van der Waals surface area (Å²) in [5.41, 5.74) is 3.10. The molecule has 1 aliphatic rings. The van der Waals surface area contributed by atoms with Crippen LogP contribution in [0.5, 0.6) is 0 Å². The summed E-state index contributed by atoms with van der Waals surface area (Å²) in [4.78, 5) is 36.2. The van der Waals surface area contributed by atoms with Crippen molar-refractivity contribution in [2.24, 2.45) is 4.99 Å². The van der Waals surface area contributed by atoms with Crippen LogP contribution < -0.4 is 0 Å². The van der Waals surface area contributed by atoms with Crippen molar-refractivity contribution in [1.82, 2.24) is 19.4 Å². The molecule has 1 saturated heterocycles. The number of imidazole rings is 1. The Balaban J connectivity index is 1.53. The first-order valence-electron chi connectivity index (χ1n) is 10.2. The van der Waals surface area contributed by atoms with E-state index >= 15 is 0 Å². The highest BCUT2D eigenvalue weighted by molar-refractivity contribution is 5.99. The predicted molar refractivity (Wildman–Crippen MR) is 118 cm³/mol. The van der Waals surface area contributed by atoms with E-state index in [-0.39, 0.29) is 37.7 Å². The minimum Gasteiger partial charge on any atom is -0.369 e. The minimum absolute atomic E-state index is 0.0436. The Kier molecular flexibility index (Phi) is 5.73. The topological polar surface area (TPSA) is 70.8 Å². The van der Waals surface area contributed by atoms with Crippen LogP contribution in [0, 0.1) is 0 Å². The molecule has 4 rings (SSSR count). The molecule has 0 radical (unpaired) electrons. The van der Waals surface area contributed by atoms with Crippen molar-refractivity contribution in [3.05, 3.63) is 59.9 Å². The zero-order valence-corrected chi connectivity index (χ0v) is 17.8. The molecule has 1 aliphatic heterocycles. The Morgan fingerprint density at radius 2 is 1.72 bits per heavy atom. The van der Waals surface area contributed by atoms with Gasteiger partial charge in [-0.2, -0.15) is 4.99 Å². The van der Waals surface area contributed by atoms with E-state index in [1.54, 1.807) is 67.8 Å². The molecule has 0 atom stereocenters. The zero-order valence-electron chi connectivity index (χ0n) is 17.8. The summed E-state index contributed by atoms with van der Waals surface area (Å²) in [5, 5.41) is 0. The summed E-state index contributed by atoms with van der Waals surface area (Å²) >= 11 is 0. The fourth-order valence-corrected chi connectivity index (χ4v) is 3.58. The lowest BCUT2D eigenvalue weighted by atomic mass is 10.1. The molecule has 2 heterocycles. The van der Waals surface area contributed by atoms with Crippen LogP contribution in [-0.4, -0.2) is 70.6 Å². The molecule has 0 spiro atoms. The van der Waals surface area contributed by atoms with Gasteiger partial charge < -0.3 is 9.80 Å². The van der Waals surface area contributed by atoms with Gasteiger partial charge in [0.15, 0.2) is 0 Å². The monoisotopic (exact) mass is 439 g/mol. The molecule has 2 aromatic carbocycles. The Morgan fingerprint density at radius 3 is 2.38 bits per heavy atom. The number of alkyl halides is 2. The summed E-state index contributed by atoms with van der Waals surface area (Å²) in [5.74, 6) is -3.30. The number of nitrogens with zero attached hydrogens (tertiary/aromatic N) is 5. The van der Waals surface area contributed by atoms with Crippen LogP contribution in [0.15, 0.2) is 53.8 Å². The lowest BCUT2D eigenvalue weighted by molar-refractivity contribution is -0.0494. The van der Waals surface area contributed by atoms with Crippen LogP contribution in [-0.2, 0) is 0 Å². The smallest absolute Gasteiger partial charge is 0.278 e. The van der Waals surface area contributed by atoms with Crippen molar-refractivity contribution in [1.29, 1.82) is 0 Å². The van der Waals surface area contributed by atoms with Crippen molar-refractivity contribution in [3.8, 4) is 5.69 Å². The number of aliphatic imine (C=N–C) groups is 1. The summed E-state index contributed by atoms with van der Waals surface area (Å²) in [6.07, 6.45) is 2.47. The van der Waals surface area contributed by atoms with Crippen LogP contribution in [0.25, 0.3) is 16.7 Å². The van der Waals surface area contributed by atoms with Crippen LogP contribution in [0.2, 0.25) is 0 Å². The first-order valence-corrected chi connectivity index (χ1v) is 10.2. The Bertz CT molecular complexity index is 1170. The molecule has 0 unspecified atom stereocenters. The fraction of sp³-hybridized carbons (Fsp3) is 0.304. The first kappa shape index (κ1) is 21.6. The van der Waals surface area contributed by atoms with Gasteiger partial charge in [-0.1, -0.05) is 0 Å². The second kappa shape index (κ2) is 8.49. The van der Waals surface area contributed by atoms with Gasteiger partial charge in [-0.15, -0.1) is 0 Å². The molecule has 1 aromatic heterocycles. The van der Waals surface area contributed by atoms with Gasteiger partial charge >= 0.3 is 0 Å². The maximum Gasteiger partial charge on any atom is 0.278 e. The number of piperidine rings is 1. The maximum atomic E-state index is 13.4. The van der Waals surface area contributed by atoms with E-state index in [1.807, 2.05) is 4.57 Å². The van der Waals surface area contributed by atoms with E-state index in [2.05, 4.69) is 9.98 Å². The number of hydrogen-bond donors (Lipinski definition) is 0. The molecular formula is C23H23F2N5O2. The molecule has 9 heteroatoms. The molecule has 2 amide bonds. The number of rotatable bonds is 4. The van der Waals surface area contributed by atoms with Crippen molar-refractivity contribution < 1.29 is 18.4 Å². The number of aromatic nitrogens is 2. The lowest BCUT2D eigenvalue weighted by Crippen LogP contribution is -2.42. The van der Waals surface area contributed by atoms with Gasteiger partial charge in [-0.05, 0) is 42.5 Å². The van der Waals surface area contributed by atoms with Crippen molar-refractivity contribution in [2.75, 3.05) is 27.2 Å². The third-order valence-corrected chi connectivity index (χ3v) is 5.37. The largest absolute Gasteiger partial charge is 0.369 e. The molecule has 166 valence electrons. The predicted octanol–water partition coefficient (Wildman–Crippen LogP) is 3.63. The van der Waals surface area contributed by atoms with Crippen LogP contribution >= 0.6 is 0 Å². The number of hydrogen-bond acceptors (Lipinski definition) is 3. The second-order valence-corrected chi connectivity index (χ2v) is 8.03. The number of carbonyl (C=O) groups excluding carboxylic acids is 2. The summed E-state index contributed by atoms with van der Waals surface area (Å²) in [6, 6.07) is 12.1. The number of halogens is 2. The highest BCUT2D eigenvalue weighted by Crippen LogP contribution is 2.29. The fourth-order valence-electron chi connectivity index (χ4n) is 3.58. The summed E-state index contributed by atoms with van der Waals surface area (Å²) in [6.45, 7) is 0.0872. The zero-order chi connectivity index (χ0) is 22.9.